The minimum atomic E-state index is -0.375. The third-order valence-corrected chi connectivity index (χ3v) is 3.03. The van der Waals surface area contributed by atoms with E-state index in [0.29, 0.717) is 24.9 Å². The molecule has 112 valence electrons. The topological polar surface area (TPSA) is 73.6 Å². The van der Waals surface area contributed by atoms with Crippen LogP contribution in [0.4, 0.5) is 4.39 Å². The molecule has 0 saturated heterocycles. The summed E-state index contributed by atoms with van der Waals surface area (Å²) >= 11 is 0. The predicted octanol–water partition coefficient (Wildman–Crippen LogP) is 2.02. The monoisotopic (exact) mass is 292 g/mol. The lowest BCUT2D eigenvalue weighted by Crippen LogP contribution is -2.36. The summed E-state index contributed by atoms with van der Waals surface area (Å²) in [5, 5.41) is 2.89. The van der Waals surface area contributed by atoms with Crippen LogP contribution in [0.5, 0.6) is 0 Å². The SMILES string of the molecule is NCCC(CC1=COOC=C1)NC(=O)c1ccc(F)cc1. The van der Waals surface area contributed by atoms with Gasteiger partial charge in [0.15, 0.2) is 0 Å². The zero-order chi connectivity index (χ0) is 15.1. The largest absolute Gasteiger partial charge is 0.349 e. The highest BCUT2D eigenvalue weighted by Gasteiger charge is 2.15. The summed E-state index contributed by atoms with van der Waals surface area (Å²) in [6.45, 7) is 0.447. The molecule has 3 N–H and O–H groups in total. The lowest BCUT2D eigenvalue weighted by atomic mass is 10.0. The predicted molar refractivity (Wildman–Crippen MR) is 75.3 cm³/mol. The summed E-state index contributed by atoms with van der Waals surface area (Å²) in [5.41, 5.74) is 6.87. The van der Waals surface area contributed by atoms with Gasteiger partial charge < -0.3 is 11.1 Å². The van der Waals surface area contributed by atoms with Gasteiger partial charge in [-0.25, -0.2) is 4.39 Å². The van der Waals surface area contributed by atoms with Crippen molar-refractivity contribution in [2.45, 2.75) is 18.9 Å². The first-order valence-corrected chi connectivity index (χ1v) is 6.63. The van der Waals surface area contributed by atoms with E-state index in [-0.39, 0.29) is 17.8 Å². The molecule has 1 aliphatic heterocycles. The molecule has 1 unspecified atom stereocenters. The zero-order valence-corrected chi connectivity index (χ0v) is 11.4. The quantitative estimate of drug-likeness (QED) is 0.787. The fourth-order valence-corrected chi connectivity index (χ4v) is 1.97. The Labute approximate surface area is 122 Å². The number of amides is 1. The minimum Gasteiger partial charge on any atom is -0.349 e. The van der Waals surface area contributed by atoms with Gasteiger partial charge in [-0.05, 0) is 55.3 Å². The van der Waals surface area contributed by atoms with Crippen molar-refractivity contribution >= 4 is 5.91 Å². The van der Waals surface area contributed by atoms with Crippen molar-refractivity contribution in [3.63, 3.8) is 0 Å². The van der Waals surface area contributed by atoms with Crippen molar-refractivity contribution < 1.29 is 19.0 Å². The number of hydrogen-bond donors (Lipinski definition) is 2. The van der Waals surface area contributed by atoms with Crippen molar-refractivity contribution in [3.05, 3.63) is 59.8 Å². The second kappa shape index (κ2) is 7.44. The number of carbonyl (C=O) groups excluding carboxylic acids is 1. The van der Waals surface area contributed by atoms with Gasteiger partial charge in [0.2, 0.25) is 0 Å². The molecule has 1 aromatic carbocycles. The molecule has 0 spiro atoms. The molecule has 1 aliphatic rings. The van der Waals surface area contributed by atoms with Crippen molar-refractivity contribution in [2.75, 3.05) is 6.54 Å². The third-order valence-electron chi connectivity index (χ3n) is 3.03. The Hall–Kier alpha value is -2.34. The van der Waals surface area contributed by atoms with Crippen molar-refractivity contribution in [2.24, 2.45) is 5.73 Å². The van der Waals surface area contributed by atoms with Crippen LogP contribution in [0.3, 0.4) is 0 Å². The minimum absolute atomic E-state index is 0.134. The van der Waals surface area contributed by atoms with Crippen LogP contribution in [0, 0.1) is 5.82 Å². The van der Waals surface area contributed by atoms with E-state index in [0.717, 1.165) is 5.57 Å². The van der Waals surface area contributed by atoms with E-state index >= 15 is 0 Å². The summed E-state index contributed by atoms with van der Waals surface area (Å²) in [6.07, 6.45) is 5.87. The summed E-state index contributed by atoms with van der Waals surface area (Å²) in [6, 6.07) is 5.27. The average Bonchev–Trinajstić information content (AvgIpc) is 2.49. The summed E-state index contributed by atoms with van der Waals surface area (Å²) in [7, 11) is 0. The van der Waals surface area contributed by atoms with Crippen LogP contribution < -0.4 is 11.1 Å². The molecule has 0 radical (unpaired) electrons. The molecule has 0 saturated carbocycles. The van der Waals surface area contributed by atoms with Crippen molar-refractivity contribution in [3.8, 4) is 0 Å². The highest BCUT2D eigenvalue weighted by Crippen LogP contribution is 2.14. The number of rotatable bonds is 6. The molecule has 1 amide bonds. The van der Waals surface area contributed by atoms with Gasteiger partial charge in [-0.3, -0.25) is 14.6 Å². The molecule has 1 atom stereocenters. The average molecular weight is 292 g/mol. The Morgan fingerprint density at radius 2 is 2.05 bits per heavy atom. The van der Waals surface area contributed by atoms with Crippen LogP contribution in [0.1, 0.15) is 23.2 Å². The van der Waals surface area contributed by atoms with E-state index in [4.69, 9.17) is 10.6 Å². The third kappa shape index (κ3) is 4.61. The van der Waals surface area contributed by atoms with E-state index in [9.17, 15) is 9.18 Å². The molecule has 21 heavy (non-hydrogen) atoms. The molecule has 0 aromatic heterocycles. The molecule has 0 aliphatic carbocycles. The second-order valence-corrected chi connectivity index (χ2v) is 4.65. The van der Waals surface area contributed by atoms with Gasteiger partial charge in [0.05, 0.1) is 0 Å². The molecule has 1 heterocycles. The number of benzene rings is 1. The molecule has 1 aromatic rings. The van der Waals surface area contributed by atoms with Crippen LogP contribution in [-0.4, -0.2) is 18.5 Å². The maximum atomic E-state index is 12.9. The van der Waals surface area contributed by atoms with Gasteiger partial charge in [-0.2, -0.15) is 0 Å². The highest BCUT2D eigenvalue weighted by molar-refractivity contribution is 5.94. The van der Waals surface area contributed by atoms with E-state index in [2.05, 4.69) is 10.2 Å². The Morgan fingerprint density at radius 3 is 2.67 bits per heavy atom. The first kappa shape index (κ1) is 15.1. The molecular formula is C15H17FN2O3. The summed E-state index contributed by atoms with van der Waals surface area (Å²) in [5.74, 6) is -0.634. The molecule has 2 rings (SSSR count). The molecule has 0 fully saturated rings. The Balaban J connectivity index is 1.98. The fraction of sp³-hybridized carbons (Fsp3) is 0.267. The van der Waals surface area contributed by atoms with Gasteiger partial charge in [-0.1, -0.05) is 0 Å². The van der Waals surface area contributed by atoms with Crippen LogP contribution in [0.25, 0.3) is 0 Å². The van der Waals surface area contributed by atoms with Gasteiger partial charge >= 0.3 is 0 Å². The van der Waals surface area contributed by atoms with Gasteiger partial charge in [-0.15, -0.1) is 0 Å². The zero-order valence-electron chi connectivity index (χ0n) is 11.4. The highest BCUT2D eigenvalue weighted by atomic mass is 19.1. The van der Waals surface area contributed by atoms with E-state index in [1.807, 2.05) is 0 Å². The number of allylic oxidation sites excluding steroid dienone is 1. The molecule has 5 nitrogen and oxygen atoms in total. The number of nitrogens with one attached hydrogen (secondary N) is 1. The Bertz CT molecular complexity index is 540. The van der Waals surface area contributed by atoms with Crippen molar-refractivity contribution in [1.82, 2.24) is 5.32 Å². The summed E-state index contributed by atoms with van der Waals surface area (Å²) < 4.78 is 12.9. The number of hydrogen-bond acceptors (Lipinski definition) is 4. The Morgan fingerprint density at radius 1 is 1.29 bits per heavy atom. The molecule has 6 heteroatoms. The lowest BCUT2D eigenvalue weighted by molar-refractivity contribution is -0.199. The normalized spacial score (nSPS) is 14.7. The van der Waals surface area contributed by atoms with Crippen LogP contribution >= 0.6 is 0 Å². The van der Waals surface area contributed by atoms with E-state index < -0.39 is 0 Å². The Kier molecular flexibility index (Phi) is 5.34. The molecular weight excluding hydrogens is 275 g/mol. The standard InChI is InChI=1S/C15H17FN2O3/c16-13-3-1-12(2-4-13)15(19)18-14(5-7-17)9-11-6-8-20-21-10-11/h1-4,6,8,10,14H,5,7,9,17H2,(H,18,19). The van der Waals surface area contributed by atoms with Gasteiger partial charge in [0.1, 0.15) is 18.3 Å². The van der Waals surface area contributed by atoms with Crippen LogP contribution in [-0.2, 0) is 9.78 Å². The fourth-order valence-electron chi connectivity index (χ4n) is 1.97. The first-order chi connectivity index (χ1) is 10.2. The smallest absolute Gasteiger partial charge is 0.251 e. The second-order valence-electron chi connectivity index (χ2n) is 4.65. The first-order valence-electron chi connectivity index (χ1n) is 6.63. The lowest BCUT2D eigenvalue weighted by Gasteiger charge is -2.19. The maximum Gasteiger partial charge on any atom is 0.251 e. The van der Waals surface area contributed by atoms with Crippen molar-refractivity contribution in [1.29, 1.82) is 0 Å². The number of nitrogens with two attached hydrogens (primary N) is 1. The van der Waals surface area contributed by atoms with Gasteiger partial charge in [0.25, 0.3) is 5.91 Å². The number of carbonyl (C=O) groups is 1. The van der Waals surface area contributed by atoms with Gasteiger partial charge in [0, 0.05) is 11.6 Å². The summed E-state index contributed by atoms with van der Waals surface area (Å²) in [4.78, 5) is 21.4. The van der Waals surface area contributed by atoms with Crippen LogP contribution in [0.2, 0.25) is 0 Å². The van der Waals surface area contributed by atoms with E-state index in [1.165, 1.54) is 36.8 Å². The number of halogens is 1. The molecule has 0 bridgehead atoms. The van der Waals surface area contributed by atoms with Crippen LogP contribution in [0.15, 0.2) is 48.4 Å². The van der Waals surface area contributed by atoms with E-state index in [1.54, 1.807) is 6.08 Å². The maximum absolute atomic E-state index is 12.9.